The lowest BCUT2D eigenvalue weighted by atomic mass is 9.94. The maximum Gasteiger partial charge on any atom is 0.416 e. The molecular formula is C19H24N4O4. The Morgan fingerprint density at radius 2 is 2.07 bits per heavy atom. The van der Waals surface area contributed by atoms with Gasteiger partial charge in [0.05, 0.1) is 6.04 Å². The van der Waals surface area contributed by atoms with Crippen LogP contribution in [0.15, 0.2) is 35.4 Å². The Hall–Kier alpha value is -2.86. The van der Waals surface area contributed by atoms with Gasteiger partial charge in [0.1, 0.15) is 18.4 Å². The summed E-state index contributed by atoms with van der Waals surface area (Å²) in [6, 6.07) is 7.98. The van der Waals surface area contributed by atoms with Crippen molar-refractivity contribution in [3.05, 3.63) is 46.3 Å². The second kappa shape index (κ2) is 9.73. The number of ketones is 1. The number of hydrogen-bond donors (Lipinski definition) is 0. The van der Waals surface area contributed by atoms with Crippen LogP contribution in [0, 0.1) is 5.92 Å². The van der Waals surface area contributed by atoms with Crippen LogP contribution in [0.5, 0.6) is 0 Å². The molecule has 1 unspecified atom stereocenters. The fraction of sp³-hybridized carbons (Fsp3) is 0.526. The molecule has 1 saturated heterocycles. The summed E-state index contributed by atoms with van der Waals surface area (Å²) in [5.74, 6) is -0.862. The van der Waals surface area contributed by atoms with Crippen LogP contribution in [-0.4, -0.2) is 41.4 Å². The summed E-state index contributed by atoms with van der Waals surface area (Å²) < 4.78 is 5.07. The first-order valence-corrected chi connectivity index (χ1v) is 9.07. The molecule has 1 heterocycles. The summed E-state index contributed by atoms with van der Waals surface area (Å²) in [6.07, 6.45) is 0.874. The number of imide groups is 1. The van der Waals surface area contributed by atoms with Crippen LogP contribution in [0.25, 0.3) is 10.4 Å². The van der Waals surface area contributed by atoms with Crippen molar-refractivity contribution in [1.29, 1.82) is 0 Å². The molecule has 1 aromatic carbocycles. The number of nitrogens with zero attached hydrogens (tertiary/aromatic N) is 4. The molecule has 0 saturated carbocycles. The van der Waals surface area contributed by atoms with E-state index in [2.05, 4.69) is 10.0 Å². The van der Waals surface area contributed by atoms with Crippen molar-refractivity contribution in [3.8, 4) is 0 Å². The SMILES string of the molecule is CCC(=O)CCC(C)[C@H](N=[N+]=[N-])C(=O)N1C(=O)OC[C@@H]1Cc1ccccc1. The summed E-state index contributed by atoms with van der Waals surface area (Å²) in [4.78, 5) is 40.5. The Morgan fingerprint density at radius 3 is 2.70 bits per heavy atom. The maximum atomic E-state index is 13.0. The van der Waals surface area contributed by atoms with E-state index in [1.54, 1.807) is 13.8 Å². The molecule has 0 N–H and O–H groups in total. The summed E-state index contributed by atoms with van der Waals surface area (Å²) in [5, 5.41) is 3.62. The highest BCUT2D eigenvalue weighted by atomic mass is 16.6. The van der Waals surface area contributed by atoms with Crippen molar-refractivity contribution in [3.63, 3.8) is 0 Å². The van der Waals surface area contributed by atoms with Gasteiger partial charge in [-0.05, 0) is 29.9 Å². The molecule has 0 bridgehead atoms. The Bertz CT molecular complexity index is 730. The Balaban J connectivity index is 2.14. The number of ether oxygens (including phenoxy) is 1. The molecule has 2 rings (SSSR count). The van der Waals surface area contributed by atoms with Gasteiger partial charge in [0, 0.05) is 17.8 Å². The zero-order valence-electron chi connectivity index (χ0n) is 15.6. The molecule has 0 aromatic heterocycles. The molecule has 0 spiro atoms. The summed E-state index contributed by atoms with van der Waals surface area (Å²) in [5.41, 5.74) is 9.85. The number of benzene rings is 1. The molecule has 1 aliphatic heterocycles. The van der Waals surface area contributed by atoms with E-state index in [9.17, 15) is 14.4 Å². The quantitative estimate of drug-likeness (QED) is 0.374. The van der Waals surface area contributed by atoms with E-state index in [-0.39, 0.29) is 18.3 Å². The minimum atomic E-state index is -1.05. The van der Waals surface area contributed by atoms with Crippen LogP contribution in [-0.2, 0) is 20.7 Å². The fourth-order valence-corrected chi connectivity index (χ4v) is 3.09. The van der Waals surface area contributed by atoms with Crippen LogP contribution >= 0.6 is 0 Å². The number of rotatable bonds is 9. The van der Waals surface area contributed by atoms with Crippen LogP contribution in [0.4, 0.5) is 4.79 Å². The molecule has 0 aliphatic carbocycles. The summed E-state index contributed by atoms with van der Waals surface area (Å²) in [7, 11) is 0. The molecule has 3 atom stereocenters. The van der Waals surface area contributed by atoms with Gasteiger partial charge in [0.25, 0.3) is 0 Å². The van der Waals surface area contributed by atoms with Gasteiger partial charge in [-0.15, -0.1) is 0 Å². The average molecular weight is 372 g/mol. The van der Waals surface area contributed by atoms with Crippen molar-refractivity contribution < 1.29 is 19.1 Å². The van der Waals surface area contributed by atoms with E-state index >= 15 is 0 Å². The van der Waals surface area contributed by atoms with E-state index < -0.39 is 24.1 Å². The lowest BCUT2D eigenvalue weighted by Crippen LogP contribution is -2.46. The van der Waals surface area contributed by atoms with Crippen molar-refractivity contribution in [2.45, 2.75) is 51.6 Å². The van der Waals surface area contributed by atoms with E-state index in [4.69, 9.17) is 10.3 Å². The Morgan fingerprint density at radius 1 is 1.37 bits per heavy atom. The zero-order chi connectivity index (χ0) is 19.8. The number of Topliss-reactive ketones (excluding diaryl/α,β-unsaturated/α-hetero) is 1. The summed E-state index contributed by atoms with van der Waals surface area (Å²) in [6.45, 7) is 3.62. The number of amides is 2. The molecule has 144 valence electrons. The first kappa shape index (κ1) is 20.5. The second-order valence-electron chi connectivity index (χ2n) is 6.69. The maximum absolute atomic E-state index is 13.0. The predicted molar refractivity (Wildman–Crippen MR) is 98.8 cm³/mol. The van der Waals surface area contributed by atoms with Gasteiger partial charge in [0.2, 0.25) is 5.91 Å². The second-order valence-corrected chi connectivity index (χ2v) is 6.69. The van der Waals surface area contributed by atoms with Gasteiger partial charge in [-0.25, -0.2) is 9.69 Å². The molecule has 0 radical (unpaired) electrons. The van der Waals surface area contributed by atoms with Crippen molar-refractivity contribution in [2.75, 3.05) is 6.61 Å². The predicted octanol–water partition coefficient (Wildman–Crippen LogP) is 3.65. The molecule has 1 aliphatic rings. The normalized spacial score (nSPS) is 18.4. The summed E-state index contributed by atoms with van der Waals surface area (Å²) >= 11 is 0. The third-order valence-electron chi connectivity index (χ3n) is 4.75. The number of azide groups is 1. The van der Waals surface area contributed by atoms with Crippen molar-refractivity contribution in [1.82, 2.24) is 4.90 Å². The standard InChI is InChI=1S/C19H24N4O4/c1-3-16(24)10-9-13(2)17(21-22-20)18(25)23-15(12-27-19(23)26)11-14-7-5-4-6-8-14/h4-8,13,15,17H,3,9-12H2,1-2H3/t13?,15-,17-/m0/s1. The minimum absolute atomic E-state index is 0.0801. The molecule has 1 fully saturated rings. The van der Waals surface area contributed by atoms with Crippen LogP contribution in [0.3, 0.4) is 0 Å². The molecule has 8 nitrogen and oxygen atoms in total. The fourth-order valence-electron chi connectivity index (χ4n) is 3.09. The van der Waals surface area contributed by atoms with Crippen molar-refractivity contribution in [2.24, 2.45) is 11.0 Å². The third-order valence-corrected chi connectivity index (χ3v) is 4.75. The Kier molecular flexibility index (Phi) is 7.37. The highest BCUT2D eigenvalue weighted by Crippen LogP contribution is 2.23. The number of carbonyl (C=O) groups is 3. The number of cyclic esters (lactones) is 1. The lowest BCUT2D eigenvalue weighted by Gasteiger charge is -2.25. The molecule has 1 aromatic rings. The highest BCUT2D eigenvalue weighted by molar-refractivity contribution is 5.96. The number of hydrogen-bond acceptors (Lipinski definition) is 5. The Labute approximate surface area is 158 Å². The van der Waals surface area contributed by atoms with E-state index in [0.717, 1.165) is 10.5 Å². The van der Waals surface area contributed by atoms with Crippen LogP contribution in [0.1, 0.15) is 38.7 Å². The highest BCUT2D eigenvalue weighted by Gasteiger charge is 2.41. The average Bonchev–Trinajstić information content (AvgIpc) is 3.04. The smallest absolute Gasteiger partial charge is 0.416 e. The van der Waals surface area contributed by atoms with Gasteiger partial charge in [0.15, 0.2) is 0 Å². The van der Waals surface area contributed by atoms with E-state index in [1.165, 1.54) is 0 Å². The molecule has 8 heteroatoms. The number of carbonyl (C=O) groups excluding carboxylic acids is 3. The first-order valence-electron chi connectivity index (χ1n) is 9.07. The monoisotopic (exact) mass is 372 g/mol. The van der Waals surface area contributed by atoms with Crippen LogP contribution in [0.2, 0.25) is 0 Å². The van der Waals surface area contributed by atoms with E-state index in [1.807, 2.05) is 30.3 Å². The zero-order valence-corrected chi connectivity index (χ0v) is 15.6. The van der Waals surface area contributed by atoms with Gasteiger partial charge in [-0.2, -0.15) is 0 Å². The molecule has 2 amide bonds. The molecule has 27 heavy (non-hydrogen) atoms. The van der Waals surface area contributed by atoms with Gasteiger partial charge >= 0.3 is 6.09 Å². The van der Waals surface area contributed by atoms with Gasteiger partial charge in [-0.3, -0.25) is 9.59 Å². The molecular weight excluding hydrogens is 348 g/mol. The van der Waals surface area contributed by atoms with E-state index in [0.29, 0.717) is 25.7 Å². The van der Waals surface area contributed by atoms with Gasteiger partial charge in [-0.1, -0.05) is 49.3 Å². The minimum Gasteiger partial charge on any atom is -0.447 e. The van der Waals surface area contributed by atoms with Gasteiger partial charge < -0.3 is 4.74 Å². The van der Waals surface area contributed by atoms with Crippen molar-refractivity contribution >= 4 is 17.8 Å². The third kappa shape index (κ3) is 5.31. The lowest BCUT2D eigenvalue weighted by molar-refractivity contribution is -0.132. The van der Waals surface area contributed by atoms with Crippen LogP contribution < -0.4 is 0 Å². The topological polar surface area (TPSA) is 112 Å². The largest absolute Gasteiger partial charge is 0.447 e. The first-order chi connectivity index (χ1) is 13.0.